The molecule has 0 radical (unpaired) electrons. The number of methoxy groups -OCH3 is 1. The van der Waals surface area contributed by atoms with Crippen molar-refractivity contribution in [3.63, 3.8) is 0 Å². The van der Waals surface area contributed by atoms with E-state index in [2.05, 4.69) is 53.8 Å². The molecule has 1 aromatic carbocycles. The minimum atomic E-state index is 0.287. The second kappa shape index (κ2) is 11.3. The molecule has 0 amide bonds. The number of nitrogens with zero attached hydrogens (tertiary/aromatic N) is 2. The summed E-state index contributed by atoms with van der Waals surface area (Å²) in [7, 11) is 1.75. The zero-order valence-electron chi connectivity index (χ0n) is 16.6. The molecule has 1 saturated heterocycles. The van der Waals surface area contributed by atoms with Gasteiger partial charge < -0.3 is 15.4 Å². The van der Waals surface area contributed by atoms with Crippen LogP contribution in [-0.2, 0) is 0 Å². The number of nitrogens with one attached hydrogen (secondary N) is 2. The van der Waals surface area contributed by atoms with E-state index in [9.17, 15) is 0 Å². The third-order valence-corrected chi connectivity index (χ3v) is 5.75. The molecule has 2 N–H and O–H groups in total. The van der Waals surface area contributed by atoms with Crippen molar-refractivity contribution in [3.05, 3.63) is 29.8 Å². The fraction of sp³-hybridized carbons (Fsp3) is 0.650. The fourth-order valence-corrected chi connectivity index (χ4v) is 3.48. The van der Waals surface area contributed by atoms with Crippen molar-refractivity contribution in [2.45, 2.75) is 38.0 Å². The zero-order valence-corrected chi connectivity index (χ0v) is 17.4. The molecule has 0 bridgehead atoms. The summed E-state index contributed by atoms with van der Waals surface area (Å²) in [6, 6.07) is 8.66. The van der Waals surface area contributed by atoms with Gasteiger partial charge in [0.25, 0.3) is 0 Å². The molecular weight excluding hydrogens is 344 g/mol. The average molecular weight is 379 g/mol. The number of para-hydroxylation sites is 1. The van der Waals surface area contributed by atoms with Gasteiger partial charge in [-0.1, -0.05) is 25.1 Å². The Hall–Kier alpha value is -1.40. The molecule has 26 heavy (non-hydrogen) atoms. The van der Waals surface area contributed by atoms with Crippen LogP contribution in [0.1, 0.15) is 38.3 Å². The van der Waals surface area contributed by atoms with Crippen molar-refractivity contribution >= 4 is 17.7 Å². The normalized spacial score (nSPS) is 17.8. The minimum absolute atomic E-state index is 0.287. The van der Waals surface area contributed by atoms with Crippen LogP contribution in [0.4, 0.5) is 0 Å². The van der Waals surface area contributed by atoms with Gasteiger partial charge in [0.15, 0.2) is 5.96 Å². The van der Waals surface area contributed by atoms with Gasteiger partial charge in [0.05, 0.1) is 19.7 Å². The molecule has 1 aliphatic rings. The topological polar surface area (TPSA) is 48.9 Å². The molecule has 1 heterocycles. The van der Waals surface area contributed by atoms with Crippen LogP contribution in [0, 0.1) is 0 Å². The molecule has 5 nitrogen and oxygen atoms in total. The number of ether oxygens (including phenoxy) is 1. The average Bonchev–Trinajstić information content (AvgIpc) is 3.20. The first-order valence-electron chi connectivity index (χ1n) is 9.61. The Bertz CT molecular complexity index is 560. The summed E-state index contributed by atoms with van der Waals surface area (Å²) in [5, 5.41) is 7.45. The minimum Gasteiger partial charge on any atom is -0.496 e. The van der Waals surface area contributed by atoms with Gasteiger partial charge in [-0.3, -0.25) is 9.89 Å². The second-order valence-corrected chi connectivity index (χ2v) is 7.92. The van der Waals surface area contributed by atoms with Crippen molar-refractivity contribution in [3.8, 4) is 5.75 Å². The lowest BCUT2D eigenvalue weighted by Gasteiger charge is -2.30. The maximum absolute atomic E-state index is 5.63. The van der Waals surface area contributed by atoms with E-state index in [1.54, 1.807) is 7.11 Å². The standard InChI is InChI=1S/C20H34N4OS/c1-5-21-20(22-14-16(2)26-4)23-15-18(24-12-8-9-13-24)17-10-6-7-11-19(17)25-3/h6-7,10-11,16,18H,5,8-9,12-15H2,1-4H3,(H2,21,22,23). The Labute approximate surface area is 163 Å². The van der Waals surface area contributed by atoms with E-state index in [1.165, 1.54) is 18.4 Å². The molecule has 0 aliphatic carbocycles. The number of rotatable bonds is 9. The molecule has 0 saturated carbocycles. The summed E-state index contributed by atoms with van der Waals surface area (Å²) >= 11 is 1.84. The van der Waals surface area contributed by atoms with Gasteiger partial charge >= 0.3 is 0 Å². The summed E-state index contributed by atoms with van der Waals surface area (Å²) in [5.74, 6) is 1.86. The quantitative estimate of drug-likeness (QED) is 0.511. The second-order valence-electron chi connectivity index (χ2n) is 6.65. The Kier molecular flexibility index (Phi) is 9.12. The lowest BCUT2D eigenvalue weighted by molar-refractivity contribution is 0.239. The van der Waals surface area contributed by atoms with Gasteiger partial charge in [0.2, 0.25) is 0 Å². The molecule has 2 rings (SSSR count). The fourth-order valence-electron chi connectivity index (χ4n) is 3.26. The first-order chi connectivity index (χ1) is 12.7. The molecule has 0 aromatic heterocycles. The maximum Gasteiger partial charge on any atom is 0.191 e. The predicted octanol–water partition coefficient (Wildman–Crippen LogP) is 3.14. The van der Waals surface area contributed by atoms with Crippen molar-refractivity contribution in [2.75, 3.05) is 46.1 Å². The summed E-state index contributed by atoms with van der Waals surface area (Å²) in [6.45, 7) is 9.10. The third-order valence-electron chi connectivity index (χ3n) is 4.80. The molecule has 2 unspecified atom stereocenters. The monoisotopic (exact) mass is 378 g/mol. The first kappa shape index (κ1) is 20.9. The van der Waals surface area contributed by atoms with Crippen LogP contribution in [0.15, 0.2) is 29.3 Å². The molecule has 2 atom stereocenters. The largest absolute Gasteiger partial charge is 0.496 e. The molecule has 1 fully saturated rings. The van der Waals surface area contributed by atoms with E-state index < -0.39 is 0 Å². The van der Waals surface area contributed by atoms with E-state index in [4.69, 9.17) is 9.73 Å². The first-order valence-corrected chi connectivity index (χ1v) is 10.9. The maximum atomic E-state index is 5.63. The summed E-state index contributed by atoms with van der Waals surface area (Å²) in [6.07, 6.45) is 4.67. The lowest BCUT2D eigenvalue weighted by atomic mass is 10.0. The van der Waals surface area contributed by atoms with Crippen LogP contribution < -0.4 is 15.4 Å². The van der Waals surface area contributed by atoms with E-state index in [-0.39, 0.29) is 6.04 Å². The molecule has 1 aromatic rings. The Balaban J connectivity index is 2.12. The number of thioether (sulfide) groups is 1. The molecule has 1 aliphatic heterocycles. The Morgan fingerprint density at radius 2 is 2.00 bits per heavy atom. The molecule has 6 heteroatoms. The van der Waals surface area contributed by atoms with Crippen LogP contribution in [-0.4, -0.2) is 62.2 Å². The van der Waals surface area contributed by atoms with E-state index >= 15 is 0 Å². The number of guanidine groups is 1. The molecular formula is C20H34N4OS. The van der Waals surface area contributed by atoms with Crippen molar-refractivity contribution in [1.82, 2.24) is 15.5 Å². The van der Waals surface area contributed by atoms with Crippen molar-refractivity contribution < 1.29 is 4.74 Å². The lowest BCUT2D eigenvalue weighted by Crippen LogP contribution is -2.43. The van der Waals surface area contributed by atoms with Crippen LogP contribution in [0.3, 0.4) is 0 Å². The summed E-state index contributed by atoms with van der Waals surface area (Å²) < 4.78 is 5.63. The zero-order chi connectivity index (χ0) is 18.8. The van der Waals surface area contributed by atoms with Gasteiger partial charge in [-0.2, -0.15) is 11.8 Å². The van der Waals surface area contributed by atoms with E-state index in [0.717, 1.165) is 44.4 Å². The molecule has 146 valence electrons. The summed E-state index contributed by atoms with van der Waals surface area (Å²) in [4.78, 5) is 7.30. The van der Waals surface area contributed by atoms with Crippen molar-refractivity contribution in [2.24, 2.45) is 4.99 Å². The van der Waals surface area contributed by atoms with Crippen LogP contribution >= 0.6 is 11.8 Å². The van der Waals surface area contributed by atoms with Crippen molar-refractivity contribution in [1.29, 1.82) is 0 Å². The smallest absolute Gasteiger partial charge is 0.191 e. The Morgan fingerprint density at radius 1 is 1.27 bits per heavy atom. The summed E-state index contributed by atoms with van der Waals surface area (Å²) in [5.41, 5.74) is 1.25. The van der Waals surface area contributed by atoms with E-state index in [1.807, 2.05) is 17.8 Å². The van der Waals surface area contributed by atoms with Gasteiger partial charge in [-0.05, 0) is 45.2 Å². The number of hydrogen-bond acceptors (Lipinski definition) is 4. The van der Waals surface area contributed by atoms with Gasteiger partial charge in [0, 0.05) is 23.9 Å². The van der Waals surface area contributed by atoms with Gasteiger partial charge in [0.1, 0.15) is 5.75 Å². The number of likely N-dealkylation sites (tertiary alicyclic amines) is 1. The highest BCUT2D eigenvalue weighted by molar-refractivity contribution is 7.99. The van der Waals surface area contributed by atoms with Crippen LogP contribution in [0.2, 0.25) is 0 Å². The number of aliphatic imine (C=N–C) groups is 1. The predicted molar refractivity (Wildman–Crippen MR) is 114 cm³/mol. The highest BCUT2D eigenvalue weighted by Crippen LogP contribution is 2.31. The van der Waals surface area contributed by atoms with Gasteiger partial charge in [-0.15, -0.1) is 0 Å². The molecule has 0 spiro atoms. The highest BCUT2D eigenvalue weighted by Gasteiger charge is 2.26. The number of hydrogen-bond donors (Lipinski definition) is 2. The van der Waals surface area contributed by atoms with Gasteiger partial charge in [-0.25, -0.2) is 0 Å². The Morgan fingerprint density at radius 3 is 2.65 bits per heavy atom. The van der Waals surface area contributed by atoms with E-state index in [0.29, 0.717) is 5.25 Å². The highest BCUT2D eigenvalue weighted by atomic mass is 32.2. The number of benzene rings is 1. The third kappa shape index (κ3) is 6.09. The van der Waals surface area contributed by atoms with Crippen LogP contribution in [0.5, 0.6) is 5.75 Å². The SMILES string of the molecule is CCNC(=NCC(C)SC)NCC(c1ccccc1OC)N1CCCC1. The van der Waals surface area contributed by atoms with Crippen LogP contribution in [0.25, 0.3) is 0 Å².